The number of aromatic nitrogens is 2. The molecule has 6 heteroatoms. The monoisotopic (exact) mass is 329 g/mol. The Morgan fingerprint density at radius 2 is 2.00 bits per heavy atom. The number of benzene rings is 1. The highest BCUT2D eigenvalue weighted by Gasteiger charge is 2.18. The number of likely N-dealkylation sites (N-methyl/N-ethyl adjacent to an activating group) is 1. The summed E-state index contributed by atoms with van der Waals surface area (Å²) in [6, 6.07) is 8.14. The van der Waals surface area contributed by atoms with Gasteiger partial charge in [-0.1, -0.05) is 24.3 Å². The minimum atomic E-state index is -0.0750. The summed E-state index contributed by atoms with van der Waals surface area (Å²) in [5, 5.41) is 7.23. The molecule has 0 saturated carbocycles. The van der Waals surface area contributed by atoms with Crippen LogP contribution >= 0.6 is 0 Å². The van der Waals surface area contributed by atoms with E-state index in [0.29, 0.717) is 13.1 Å². The molecule has 1 heterocycles. The first-order valence-electron chi connectivity index (χ1n) is 8.07. The molecule has 6 nitrogen and oxygen atoms in total. The molecule has 130 valence electrons. The van der Waals surface area contributed by atoms with Gasteiger partial charge < -0.3 is 15.1 Å². The number of nitrogens with zero attached hydrogens (tertiary/aromatic N) is 4. The van der Waals surface area contributed by atoms with Crippen molar-refractivity contribution in [2.75, 3.05) is 27.7 Å². The van der Waals surface area contributed by atoms with Gasteiger partial charge in [0.25, 0.3) is 0 Å². The molecule has 1 aromatic heterocycles. The third kappa shape index (κ3) is 4.58. The maximum Gasteiger partial charge on any atom is 0.317 e. The first-order chi connectivity index (χ1) is 11.4. The predicted octanol–water partition coefficient (Wildman–Crippen LogP) is 2.17. The first-order valence-corrected chi connectivity index (χ1v) is 8.07. The van der Waals surface area contributed by atoms with E-state index in [1.54, 1.807) is 9.58 Å². The van der Waals surface area contributed by atoms with Crippen molar-refractivity contribution >= 4 is 6.03 Å². The molecule has 1 atom stereocenters. The van der Waals surface area contributed by atoms with Crippen molar-refractivity contribution in [2.24, 2.45) is 7.05 Å². The van der Waals surface area contributed by atoms with E-state index in [4.69, 9.17) is 0 Å². The fraction of sp³-hybridized carbons (Fsp3) is 0.444. The van der Waals surface area contributed by atoms with Crippen LogP contribution in [0.4, 0.5) is 4.79 Å². The second-order valence-electron chi connectivity index (χ2n) is 6.40. The number of hydrogen-bond donors (Lipinski definition) is 1. The molecule has 0 spiro atoms. The van der Waals surface area contributed by atoms with Crippen molar-refractivity contribution in [2.45, 2.75) is 19.5 Å². The summed E-state index contributed by atoms with van der Waals surface area (Å²) >= 11 is 0. The number of nitrogens with one attached hydrogen (secondary N) is 1. The first kappa shape index (κ1) is 18.0. The highest BCUT2D eigenvalue weighted by atomic mass is 16.2. The number of amides is 2. The largest absolute Gasteiger partial charge is 0.336 e. The van der Waals surface area contributed by atoms with Gasteiger partial charge in [-0.25, -0.2) is 4.79 Å². The molecule has 1 aromatic carbocycles. The minimum absolute atomic E-state index is 0.0750. The zero-order valence-electron chi connectivity index (χ0n) is 15.2. The number of urea groups is 1. The maximum absolute atomic E-state index is 12.4. The molecule has 1 N–H and O–H groups in total. The molecule has 2 rings (SSSR count). The van der Waals surface area contributed by atoms with Gasteiger partial charge in [0.2, 0.25) is 0 Å². The second kappa shape index (κ2) is 7.97. The molecule has 0 aliphatic rings. The molecule has 0 radical (unpaired) electrons. The van der Waals surface area contributed by atoms with Crippen molar-refractivity contribution in [3.05, 3.63) is 53.3 Å². The summed E-state index contributed by atoms with van der Waals surface area (Å²) < 4.78 is 1.78. The van der Waals surface area contributed by atoms with Crippen LogP contribution in [0.15, 0.2) is 36.7 Å². The molecule has 0 fully saturated rings. The normalized spacial score (nSPS) is 12.2. The second-order valence-corrected chi connectivity index (χ2v) is 6.40. The Bertz CT molecular complexity index is 680. The van der Waals surface area contributed by atoms with E-state index in [1.807, 2.05) is 52.7 Å². The van der Waals surface area contributed by atoms with Gasteiger partial charge in [0.1, 0.15) is 0 Å². The Morgan fingerprint density at radius 1 is 1.29 bits per heavy atom. The summed E-state index contributed by atoms with van der Waals surface area (Å²) in [5.41, 5.74) is 3.44. The molecular formula is C18H27N5O. The van der Waals surface area contributed by atoms with Gasteiger partial charge in [0.05, 0.1) is 12.2 Å². The van der Waals surface area contributed by atoms with Gasteiger partial charge >= 0.3 is 6.03 Å². The third-order valence-corrected chi connectivity index (χ3v) is 4.20. The van der Waals surface area contributed by atoms with Crippen LogP contribution in [-0.4, -0.2) is 53.3 Å². The number of aryl methyl sites for hydroxylation is 2. The molecule has 24 heavy (non-hydrogen) atoms. The SMILES string of the molecule is Cc1ccccc1CN(C)C(=O)NCC(c1cnn(C)c1)N(C)C. The highest BCUT2D eigenvalue weighted by Crippen LogP contribution is 2.16. The number of carbonyl (C=O) groups is 1. The van der Waals surface area contributed by atoms with E-state index in [2.05, 4.69) is 34.4 Å². The van der Waals surface area contributed by atoms with Gasteiger partial charge in [-0.3, -0.25) is 4.68 Å². The molecular weight excluding hydrogens is 302 g/mol. The fourth-order valence-corrected chi connectivity index (χ4v) is 2.64. The third-order valence-electron chi connectivity index (χ3n) is 4.20. The van der Waals surface area contributed by atoms with Crippen molar-refractivity contribution in [3.63, 3.8) is 0 Å². The Kier molecular flexibility index (Phi) is 5.98. The maximum atomic E-state index is 12.4. The van der Waals surface area contributed by atoms with Gasteiger partial charge in [-0.15, -0.1) is 0 Å². The van der Waals surface area contributed by atoms with Crippen LogP contribution in [-0.2, 0) is 13.6 Å². The lowest BCUT2D eigenvalue weighted by Gasteiger charge is -2.25. The van der Waals surface area contributed by atoms with Crippen molar-refractivity contribution in [1.82, 2.24) is 24.9 Å². The Hall–Kier alpha value is -2.34. The van der Waals surface area contributed by atoms with Crippen molar-refractivity contribution < 1.29 is 4.79 Å². The van der Waals surface area contributed by atoms with E-state index >= 15 is 0 Å². The quantitative estimate of drug-likeness (QED) is 0.884. The summed E-state index contributed by atoms with van der Waals surface area (Å²) in [6.45, 7) is 3.19. The molecule has 0 aliphatic carbocycles. The zero-order chi connectivity index (χ0) is 17.7. The van der Waals surface area contributed by atoms with Crippen LogP contribution in [0.5, 0.6) is 0 Å². The fourth-order valence-electron chi connectivity index (χ4n) is 2.64. The number of carbonyl (C=O) groups excluding carboxylic acids is 1. The van der Waals surface area contributed by atoms with Crippen LogP contribution in [0.2, 0.25) is 0 Å². The average molecular weight is 329 g/mol. The zero-order valence-corrected chi connectivity index (χ0v) is 15.2. The van der Waals surface area contributed by atoms with E-state index in [-0.39, 0.29) is 12.1 Å². The molecule has 0 saturated heterocycles. The molecule has 1 unspecified atom stereocenters. The standard InChI is InChI=1S/C18H27N5O/c1-14-8-6-7-9-15(14)12-22(4)18(24)19-11-17(21(2)3)16-10-20-23(5)13-16/h6-10,13,17H,11-12H2,1-5H3,(H,19,24). The number of rotatable bonds is 6. The highest BCUT2D eigenvalue weighted by molar-refractivity contribution is 5.73. The summed E-state index contributed by atoms with van der Waals surface area (Å²) in [4.78, 5) is 16.2. The van der Waals surface area contributed by atoms with Crippen LogP contribution in [0.3, 0.4) is 0 Å². The van der Waals surface area contributed by atoms with E-state index in [0.717, 1.165) is 11.1 Å². The van der Waals surface area contributed by atoms with Gasteiger partial charge in [0.15, 0.2) is 0 Å². The van der Waals surface area contributed by atoms with Gasteiger partial charge in [0, 0.05) is 38.9 Å². The van der Waals surface area contributed by atoms with Crippen LogP contribution < -0.4 is 5.32 Å². The summed E-state index contributed by atoms with van der Waals surface area (Å²) in [6.07, 6.45) is 3.82. The average Bonchev–Trinajstić information content (AvgIpc) is 2.95. The Balaban J connectivity index is 1.94. The topological polar surface area (TPSA) is 53.4 Å². The molecule has 2 amide bonds. The van der Waals surface area contributed by atoms with Crippen LogP contribution in [0, 0.1) is 6.92 Å². The molecule has 0 bridgehead atoms. The lowest BCUT2D eigenvalue weighted by Crippen LogP contribution is -2.41. The molecule has 0 aliphatic heterocycles. The smallest absolute Gasteiger partial charge is 0.317 e. The Labute approximate surface area is 144 Å². The van der Waals surface area contributed by atoms with Gasteiger partial charge in [-0.05, 0) is 32.1 Å². The Morgan fingerprint density at radius 3 is 2.58 bits per heavy atom. The summed E-state index contributed by atoms with van der Waals surface area (Å²) in [7, 11) is 7.71. The van der Waals surface area contributed by atoms with E-state index in [1.165, 1.54) is 5.56 Å². The lowest BCUT2D eigenvalue weighted by atomic mass is 10.1. The molecule has 2 aromatic rings. The number of hydrogen-bond acceptors (Lipinski definition) is 3. The van der Waals surface area contributed by atoms with Crippen molar-refractivity contribution in [3.8, 4) is 0 Å². The van der Waals surface area contributed by atoms with Crippen LogP contribution in [0.25, 0.3) is 0 Å². The van der Waals surface area contributed by atoms with E-state index < -0.39 is 0 Å². The van der Waals surface area contributed by atoms with Crippen molar-refractivity contribution in [1.29, 1.82) is 0 Å². The lowest BCUT2D eigenvalue weighted by molar-refractivity contribution is 0.200. The predicted molar refractivity (Wildman–Crippen MR) is 95.7 cm³/mol. The summed E-state index contributed by atoms with van der Waals surface area (Å²) in [5.74, 6) is 0. The minimum Gasteiger partial charge on any atom is -0.336 e. The van der Waals surface area contributed by atoms with Crippen LogP contribution in [0.1, 0.15) is 22.7 Å². The van der Waals surface area contributed by atoms with Gasteiger partial charge in [-0.2, -0.15) is 5.10 Å². The van der Waals surface area contributed by atoms with E-state index in [9.17, 15) is 4.79 Å².